The fourth-order valence-electron chi connectivity index (χ4n) is 3.88. The van der Waals surface area contributed by atoms with Crippen LogP contribution in [0, 0.1) is 6.92 Å². The SMILES string of the molecule is Cc1c(-c2ccc3sc(N)nc3c2)ccn2c(=O)c(C(=O)O)cc(C3CC3)c12. The number of nitrogen functional groups attached to an aromatic ring is 1. The summed E-state index contributed by atoms with van der Waals surface area (Å²) in [6, 6.07) is 9.46. The number of carboxylic acids is 1. The first-order valence-corrected chi connectivity index (χ1v) is 9.84. The number of rotatable bonds is 3. The quantitative estimate of drug-likeness (QED) is 0.549. The molecule has 3 N–H and O–H groups in total. The van der Waals surface area contributed by atoms with Crippen LogP contribution in [0.3, 0.4) is 0 Å². The number of carbonyl (C=O) groups is 1. The molecule has 3 heterocycles. The van der Waals surface area contributed by atoms with Crippen molar-refractivity contribution < 1.29 is 9.90 Å². The maximum absolute atomic E-state index is 12.7. The third-order valence-corrected chi connectivity index (χ3v) is 6.24. The highest BCUT2D eigenvalue weighted by atomic mass is 32.1. The molecule has 1 aliphatic rings. The van der Waals surface area contributed by atoms with Gasteiger partial charge in [-0.1, -0.05) is 17.4 Å². The van der Waals surface area contributed by atoms with Crippen LogP contribution in [0.4, 0.5) is 5.13 Å². The van der Waals surface area contributed by atoms with Crippen LogP contribution in [0.2, 0.25) is 0 Å². The molecule has 0 saturated heterocycles. The molecule has 3 aromatic heterocycles. The summed E-state index contributed by atoms with van der Waals surface area (Å²) in [6.07, 6.45) is 3.71. The third-order valence-electron chi connectivity index (χ3n) is 5.38. The number of aromatic nitrogens is 2. The molecular formula is C21H17N3O3S. The summed E-state index contributed by atoms with van der Waals surface area (Å²) in [7, 11) is 0. The average molecular weight is 391 g/mol. The van der Waals surface area contributed by atoms with Crippen molar-refractivity contribution in [1.82, 2.24) is 9.38 Å². The molecular weight excluding hydrogens is 374 g/mol. The molecule has 1 saturated carbocycles. The number of pyridine rings is 2. The van der Waals surface area contributed by atoms with E-state index in [2.05, 4.69) is 4.98 Å². The summed E-state index contributed by atoms with van der Waals surface area (Å²) in [5.74, 6) is -0.877. The first-order chi connectivity index (χ1) is 13.4. The van der Waals surface area contributed by atoms with E-state index in [9.17, 15) is 14.7 Å². The molecule has 1 fully saturated rings. The van der Waals surface area contributed by atoms with Gasteiger partial charge >= 0.3 is 5.97 Å². The normalized spacial score (nSPS) is 14.0. The van der Waals surface area contributed by atoms with E-state index in [1.807, 2.05) is 31.2 Å². The number of carboxylic acid groups (broad SMARTS) is 1. The van der Waals surface area contributed by atoms with Crippen molar-refractivity contribution >= 4 is 38.2 Å². The van der Waals surface area contributed by atoms with Crippen LogP contribution >= 0.6 is 11.3 Å². The Balaban J connectivity index is 1.80. The lowest BCUT2D eigenvalue weighted by Crippen LogP contribution is -2.23. The van der Waals surface area contributed by atoms with E-state index >= 15 is 0 Å². The molecule has 28 heavy (non-hydrogen) atoms. The third kappa shape index (κ3) is 2.51. The summed E-state index contributed by atoms with van der Waals surface area (Å²) < 4.78 is 2.51. The highest BCUT2D eigenvalue weighted by molar-refractivity contribution is 7.22. The second-order valence-corrected chi connectivity index (χ2v) is 8.27. The lowest BCUT2D eigenvalue weighted by atomic mass is 9.96. The first-order valence-electron chi connectivity index (χ1n) is 9.02. The molecule has 7 heteroatoms. The Bertz CT molecular complexity index is 1350. The van der Waals surface area contributed by atoms with Crippen LogP contribution in [0.1, 0.15) is 40.2 Å². The van der Waals surface area contributed by atoms with Crippen LogP contribution in [-0.2, 0) is 0 Å². The number of aryl methyl sites for hydroxylation is 1. The Kier molecular flexibility index (Phi) is 3.57. The molecule has 0 aliphatic heterocycles. The van der Waals surface area contributed by atoms with Crippen LogP contribution in [0.5, 0.6) is 0 Å². The predicted molar refractivity (Wildman–Crippen MR) is 110 cm³/mol. The van der Waals surface area contributed by atoms with Gasteiger partial charge in [0.2, 0.25) is 0 Å². The molecule has 1 aliphatic carbocycles. The minimum Gasteiger partial charge on any atom is -0.477 e. The molecule has 0 radical (unpaired) electrons. The van der Waals surface area contributed by atoms with Crippen molar-refractivity contribution in [2.24, 2.45) is 0 Å². The van der Waals surface area contributed by atoms with Crippen LogP contribution in [0.25, 0.3) is 26.9 Å². The van der Waals surface area contributed by atoms with E-state index in [0.717, 1.165) is 50.8 Å². The van der Waals surface area contributed by atoms with E-state index < -0.39 is 11.5 Å². The minimum absolute atomic E-state index is 0.175. The number of nitrogens with zero attached hydrogens (tertiary/aromatic N) is 2. The summed E-state index contributed by atoms with van der Waals surface area (Å²) in [5.41, 5.74) is 10.7. The van der Waals surface area contributed by atoms with Gasteiger partial charge < -0.3 is 10.8 Å². The van der Waals surface area contributed by atoms with Gasteiger partial charge in [-0.15, -0.1) is 0 Å². The Hall–Kier alpha value is -3.19. The Morgan fingerprint density at radius 3 is 2.79 bits per heavy atom. The van der Waals surface area contributed by atoms with Gasteiger partial charge in [-0.3, -0.25) is 9.20 Å². The van der Waals surface area contributed by atoms with Crippen molar-refractivity contribution in [1.29, 1.82) is 0 Å². The standard InChI is InChI=1S/C21H17N3O3S/c1-10-13(12-4-5-17-16(8-12)23-21(22)28-17)6-7-24-18(10)14(11-2-3-11)9-15(19(24)25)20(26)27/h4-9,11H,2-3H2,1H3,(H2,22,23)(H,26,27). The largest absolute Gasteiger partial charge is 0.477 e. The second-order valence-electron chi connectivity index (χ2n) is 7.21. The van der Waals surface area contributed by atoms with Crippen molar-refractivity contribution in [2.75, 3.05) is 5.73 Å². The zero-order valence-electron chi connectivity index (χ0n) is 15.1. The lowest BCUT2D eigenvalue weighted by molar-refractivity contribution is 0.0694. The van der Waals surface area contributed by atoms with Gasteiger partial charge in [0.15, 0.2) is 5.13 Å². The fourth-order valence-corrected chi connectivity index (χ4v) is 4.60. The summed E-state index contributed by atoms with van der Waals surface area (Å²) >= 11 is 1.45. The van der Waals surface area contributed by atoms with E-state index in [1.54, 1.807) is 12.3 Å². The molecule has 0 spiro atoms. The molecule has 4 aromatic rings. The fraction of sp³-hybridized carbons (Fsp3) is 0.190. The van der Waals surface area contributed by atoms with Gasteiger partial charge in [0, 0.05) is 6.20 Å². The monoisotopic (exact) mass is 391 g/mol. The van der Waals surface area contributed by atoms with Gasteiger partial charge in [-0.25, -0.2) is 9.78 Å². The molecule has 5 rings (SSSR count). The van der Waals surface area contributed by atoms with Crippen molar-refractivity contribution in [2.45, 2.75) is 25.7 Å². The van der Waals surface area contributed by atoms with Gasteiger partial charge in [0.25, 0.3) is 5.56 Å². The summed E-state index contributed by atoms with van der Waals surface area (Å²) in [5, 5.41) is 9.96. The summed E-state index contributed by atoms with van der Waals surface area (Å²) in [6.45, 7) is 1.98. The van der Waals surface area contributed by atoms with Crippen molar-refractivity contribution in [3.8, 4) is 11.1 Å². The van der Waals surface area contributed by atoms with E-state index in [1.165, 1.54) is 15.7 Å². The zero-order chi connectivity index (χ0) is 19.6. The Labute approximate surface area is 163 Å². The van der Waals surface area contributed by atoms with Crippen LogP contribution in [-0.4, -0.2) is 20.5 Å². The van der Waals surface area contributed by atoms with Crippen molar-refractivity contribution in [3.05, 3.63) is 63.6 Å². The average Bonchev–Trinajstić information content (AvgIpc) is 3.42. The van der Waals surface area contributed by atoms with E-state index in [-0.39, 0.29) is 5.56 Å². The molecule has 0 bridgehead atoms. The molecule has 0 unspecified atom stereocenters. The number of thiazole rings is 1. The van der Waals surface area contributed by atoms with Crippen LogP contribution < -0.4 is 11.3 Å². The summed E-state index contributed by atoms with van der Waals surface area (Å²) in [4.78, 5) is 28.6. The number of hydrogen-bond donors (Lipinski definition) is 2. The highest BCUT2D eigenvalue weighted by Gasteiger charge is 2.29. The van der Waals surface area contributed by atoms with Gasteiger partial charge in [-0.2, -0.15) is 0 Å². The number of benzene rings is 1. The Morgan fingerprint density at radius 2 is 2.07 bits per heavy atom. The topological polar surface area (TPSA) is 97.7 Å². The Morgan fingerprint density at radius 1 is 1.29 bits per heavy atom. The zero-order valence-corrected chi connectivity index (χ0v) is 15.9. The highest BCUT2D eigenvalue weighted by Crippen LogP contribution is 2.43. The number of anilines is 1. The smallest absolute Gasteiger partial charge is 0.341 e. The van der Waals surface area contributed by atoms with E-state index in [4.69, 9.17) is 5.73 Å². The number of fused-ring (bicyclic) bond motifs is 2. The van der Waals surface area contributed by atoms with Crippen LogP contribution in [0.15, 0.2) is 41.3 Å². The molecule has 0 atom stereocenters. The van der Waals surface area contributed by atoms with Gasteiger partial charge in [-0.05, 0) is 72.2 Å². The molecule has 0 amide bonds. The van der Waals surface area contributed by atoms with Gasteiger partial charge in [0.05, 0.1) is 15.7 Å². The lowest BCUT2D eigenvalue weighted by Gasteiger charge is -2.15. The molecule has 140 valence electrons. The minimum atomic E-state index is -1.19. The second kappa shape index (κ2) is 5.90. The molecule has 1 aromatic carbocycles. The van der Waals surface area contributed by atoms with Crippen molar-refractivity contribution in [3.63, 3.8) is 0 Å². The molecule has 6 nitrogen and oxygen atoms in total. The number of aromatic carboxylic acids is 1. The van der Waals surface area contributed by atoms with Gasteiger partial charge in [0.1, 0.15) is 5.56 Å². The number of hydrogen-bond acceptors (Lipinski definition) is 5. The first kappa shape index (κ1) is 16.9. The maximum atomic E-state index is 12.7. The predicted octanol–water partition coefficient (Wildman–Crippen LogP) is 4.04. The number of nitrogens with two attached hydrogens (primary N) is 1. The maximum Gasteiger partial charge on any atom is 0.341 e. The van der Waals surface area contributed by atoms with E-state index in [0.29, 0.717) is 11.0 Å².